The highest BCUT2D eigenvalue weighted by Gasteiger charge is 2.56. The second kappa shape index (κ2) is 10.2. The van der Waals surface area contributed by atoms with Crippen molar-refractivity contribution in [2.75, 3.05) is 18.5 Å². The number of aromatic nitrogens is 2. The fraction of sp³-hybridized carbons (Fsp3) is 0.519. The van der Waals surface area contributed by atoms with Crippen LogP contribution in [0.1, 0.15) is 63.3 Å². The number of aromatic amines is 1. The molecule has 2 heterocycles. The highest BCUT2D eigenvalue weighted by Crippen LogP contribution is 2.44. The first-order valence-electron chi connectivity index (χ1n) is 12.0. The topological polar surface area (TPSA) is 52.2 Å². The van der Waals surface area contributed by atoms with Gasteiger partial charge < -0.3 is 15.0 Å². The van der Waals surface area contributed by atoms with Crippen LogP contribution in [0, 0.1) is 12.7 Å². The van der Waals surface area contributed by atoms with E-state index in [2.05, 4.69) is 16.9 Å². The summed E-state index contributed by atoms with van der Waals surface area (Å²) >= 11 is 0. The Balaban J connectivity index is 1.89. The molecule has 0 bridgehead atoms. The van der Waals surface area contributed by atoms with Crippen LogP contribution in [0.4, 0.5) is 23.4 Å². The molecule has 0 aliphatic rings. The van der Waals surface area contributed by atoms with Crippen molar-refractivity contribution in [1.29, 1.82) is 0 Å². The van der Waals surface area contributed by atoms with Crippen molar-refractivity contribution < 1.29 is 22.7 Å². The monoisotopic (exact) mass is 493 g/mol. The molecule has 0 amide bonds. The number of unbranched alkanes of at least 4 members (excludes halogenated alkanes) is 2. The molecule has 35 heavy (non-hydrogen) atoms. The fourth-order valence-electron chi connectivity index (χ4n) is 4.80. The number of nitrogens with zero attached hydrogens (tertiary/aromatic N) is 2. The van der Waals surface area contributed by atoms with Crippen LogP contribution in [0.3, 0.4) is 0 Å². The number of hydrogen-bond acceptors (Lipinski definition) is 3. The number of anilines is 1. The third-order valence-electron chi connectivity index (χ3n) is 6.68. The average Bonchev–Trinajstić information content (AvgIpc) is 3.15. The number of rotatable bonds is 10. The van der Waals surface area contributed by atoms with Crippen molar-refractivity contribution in [3.8, 4) is 0 Å². The molecular weight excluding hydrogens is 458 g/mol. The van der Waals surface area contributed by atoms with Crippen LogP contribution in [-0.2, 0) is 11.8 Å². The highest BCUT2D eigenvalue weighted by atomic mass is 19.4. The summed E-state index contributed by atoms with van der Waals surface area (Å²) in [5.41, 5.74) is -1.64. The molecular formula is C27H35F4N3O. The molecule has 0 saturated heterocycles. The van der Waals surface area contributed by atoms with E-state index in [1.165, 1.54) is 12.1 Å². The molecule has 1 atom stereocenters. The van der Waals surface area contributed by atoms with E-state index >= 15 is 0 Å². The van der Waals surface area contributed by atoms with Crippen molar-refractivity contribution >= 4 is 16.9 Å². The average molecular weight is 494 g/mol. The molecule has 3 aromatic rings. The van der Waals surface area contributed by atoms with Gasteiger partial charge in [-0.05, 0) is 66.6 Å². The first kappa shape index (κ1) is 27.0. The molecule has 0 aliphatic heterocycles. The number of benzene rings is 1. The van der Waals surface area contributed by atoms with E-state index in [9.17, 15) is 22.7 Å². The molecule has 4 nitrogen and oxygen atoms in total. The zero-order chi connectivity index (χ0) is 26.0. The third kappa shape index (κ3) is 6.15. The standard InChI is InChI=1S/C27H35F4N3O/c1-6-7-8-13-34(5)24-12-11-22-23(33-24)15-20(32-22)16-26(35,27(29,30)31)17-25(3,4)21-14-19(28)10-9-18(21)2/h9-12,14-15,32,35H,6-8,13,16-17H2,1-5H3. The van der Waals surface area contributed by atoms with Gasteiger partial charge in [0, 0.05) is 25.7 Å². The van der Waals surface area contributed by atoms with Gasteiger partial charge in [-0.1, -0.05) is 39.7 Å². The Morgan fingerprint density at radius 1 is 1.06 bits per heavy atom. The van der Waals surface area contributed by atoms with Crippen molar-refractivity contribution in [3.05, 3.63) is 59.0 Å². The van der Waals surface area contributed by atoms with E-state index in [0.717, 1.165) is 31.6 Å². The number of pyridine rings is 1. The number of H-pyrrole nitrogens is 1. The van der Waals surface area contributed by atoms with Crippen molar-refractivity contribution in [2.24, 2.45) is 0 Å². The SMILES string of the molecule is CCCCCN(C)c1ccc2[nH]c(CC(O)(CC(C)(C)c3cc(F)ccc3C)C(F)(F)F)cc2n1. The van der Waals surface area contributed by atoms with Gasteiger partial charge in [-0.2, -0.15) is 13.2 Å². The Morgan fingerprint density at radius 3 is 2.43 bits per heavy atom. The predicted molar refractivity (Wildman–Crippen MR) is 132 cm³/mol. The quantitative estimate of drug-likeness (QED) is 0.240. The summed E-state index contributed by atoms with van der Waals surface area (Å²) in [5.74, 6) is 0.222. The van der Waals surface area contributed by atoms with Crippen molar-refractivity contribution in [3.63, 3.8) is 0 Å². The molecule has 0 radical (unpaired) electrons. The van der Waals surface area contributed by atoms with Crippen molar-refractivity contribution in [2.45, 2.75) is 77.0 Å². The van der Waals surface area contributed by atoms with Gasteiger partial charge in [0.2, 0.25) is 0 Å². The molecule has 0 fully saturated rings. The van der Waals surface area contributed by atoms with E-state index in [0.29, 0.717) is 22.2 Å². The van der Waals surface area contributed by atoms with E-state index in [1.807, 2.05) is 18.0 Å². The van der Waals surface area contributed by atoms with E-state index in [4.69, 9.17) is 0 Å². The number of hydrogen-bond donors (Lipinski definition) is 2. The molecule has 0 spiro atoms. The summed E-state index contributed by atoms with van der Waals surface area (Å²) in [6, 6.07) is 9.26. The minimum atomic E-state index is -4.89. The van der Waals surface area contributed by atoms with Crippen LogP contribution in [0.25, 0.3) is 11.0 Å². The van der Waals surface area contributed by atoms with Gasteiger partial charge >= 0.3 is 6.18 Å². The Kier molecular flexibility index (Phi) is 7.84. The van der Waals surface area contributed by atoms with E-state index in [-0.39, 0.29) is 5.69 Å². The van der Waals surface area contributed by atoms with Gasteiger partial charge in [-0.3, -0.25) is 0 Å². The lowest BCUT2D eigenvalue weighted by Gasteiger charge is -2.38. The van der Waals surface area contributed by atoms with Crippen LogP contribution in [0.5, 0.6) is 0 Å². The van der Waals surface area contributed by atoms with Crippen LogP contribution in [0.2, 0.25) is 0 Å². The largest absolute Gasteiger partial charge is 0.417 e. The predicted octanol–water partition coefficient (Wildman–Crippen LogP) is 6.84. The van der Waals surface area contributed by atoms with Gasteiger partial charge in [0.15, 0.2) is 5.60 Å². The zero-order valence-electron chi connectivity index (χ0n) is 21.1. The number of aliphatic hydroxyl groups is 1. The molecule has 192 valence electrons. The Hall–Kier alpha value is -2.61. The number of nitrogens with one attached hydrogen (secondary N) is 1. The Labute approximate surface area is 204 Å². The first-order chi connectivity index (χ1) is 16.3. The van der Waals surface area contributed by atoms with Crippen LogP contribution in [0.15, 0.2) is 36.4 Å². The molecule has 2 N–H and O–H groups in total. The van der Waals surface area contributed by atoms with Gasteiger partial charge in [-0.25, -0.2) is 9.37 Å². The summed E-state index contributed by atoms with van der Waals surface area (Å²) in [6.45, 7) is 7.89. The lowest BCUT2D eigenvalue weighted by molar-refractivity contribution is -0.266. The molecule has 2 aromatic heterocycles. The fourth-order valence-corrected chi connectivity index (χ4v) is 4.80. The second-order valence-corrected chi connectivity index (χ2v) is 10.3. The second-order valence-electron chi connectivity index (χ2n) is 10.3. The number of alkyl halides is 3. The van der Waals surface area contributed by atoms with Gasteiger partial charge in [0.1, 0.15) is 11.6 Å². The molecule has 0 saturated carbocycles. The Bertz CT molecular complexity index is 1160. The first-order valence-corrected chi connectivity index (χ1v) is 12.0. The summed E-state index contributed by atoms with van der Waals surface area (Å²) in [6.07, 6.45) is -2.92. The molecule has 3 rings (SSSR count). The molecule has 1 unspecified atom stereocenters. The van der Waals surface area contributed by atoms with Gasteiger partial charge in [0.05, 0.1) is 11.0 Å². The Morgan fingerprint density at radius 2 is 1.77 bits per heavy atom. The third-order valence-corrected chi connectivity index (χ3v) is 6.68. The maximum atomic E-state index is 14.2. The summed E-state index contributed by atoms with van der Waals surface area (Å²) < 4.78 is 56.6. The van der Waals surface area contributed by atoms with Gasteiger partial charge in [-0.15, -0.1) is 0 Å². The lowest BCUT2D eigenvalue weighted by Crippen LogP contribution is -2.51. The molecule has 1 aromatic carbocycles. The zero-order valence-corrected chi connectivity index (χ0v) is 21.1. The normalized spacial score (nSPS) is 14.3. The minimum Gasteiger partial charge on any atom is -0.380 e. The number of halogens is 4. The van der Waals surface area contributed by atoms with Crippen LogP contribution in [-0.4, -0.2) is 40.4 Å². The maximum Gasteiger partial charge on any atom is 0.417 e. The summed E-state index contributed by atoms with van der Waals surface area (Å²) in [4.78, 5) is 9.61. The van der Waals surface area contributed by atoms with Crippen molar-refractivity contribution in [1.82, 2.24) is 9.97 Å². The number of fused-ring (bicyclic) bond motifs is 1. The molecule has 8 heteroatoms. The number of aryl methyl sites for hydroxylation is 1. The molecule has 0 aliphatic carbocycles. The van der Waals surface area contributed by atoms with E-state index in [1.54, 1.807) is 39.0 Å². The highest BCUT2D eigenvalue weighted by molar-refractivity contribution is 5.78. The maximum absolute atomic E-state index is 14.2. The van der Waals surface area contributed by atoms with Gasteiger partial charge in [0.25, 0.3) is 0 Å². The summed E-state index contributed by atoms with van der Waals surface area (Å²) in [5, 5.41) is 11.0. The minimum absolute atomic E-state index is 0.241. The van der Waals surface area contributed by atoms with E-state index < -0.39 is 35.9 Å². The smallest absolute Gasteiger partial charge is 0.380 e. The van der Waals surface area contributed by atoms with Crippen LogP contribution < -0.4 is 4.90 Å². The lowest BCUT2D eigenvalue weighted by atomic mass is 9.72. The summed E-state index contributed by atoms with van der Waals surface area (Å²) in [7, 11) is 1.94. The van der Waals surface area contributed by atoms with Crippen LogP contribution >= 0.6 is 0 Å².